The molecule has 216 valence electrons. The molecule has 10 heteroatoms. The summed E-state index contributed by atoms with van der Waals surface area (Å²) in [6.07, 6.45) is 7.92. The second-order valence-electron chi connectivity index (χ2n) is 12.6. The van der Waals surface area contributed by atoms with Gasteiger partial charge in [-0.2, -0.15) is 10.2 Å². The van der Waals surface area contributed by atoms with Gasteiger partial charge in [0.15, 0.2) is 5.82 Å². The average Bonchev–Trinajstić information content (AvgIpc) is 3.32. The third-order valence-corrected chi connectivity index (χ3v) is 9.99. The number of pyridine rings is 2. The Morgan fingerprint density at radius 1 is 1.09 bits per heavy atom. The summed E-state index contributed by atoms with van der Waals surface area (Å²) in [5.41, 5.74) is 13.1. The first kappa shape index (κ1) is 25.0. The number of likely N-dealkylation sites (tertiary alicyclic amines) is 1. The van der Waals surface area contributed by atoms with Crippen LogP contribution in [0.5, 0.6) is 0 Å². The number of halogens is 1. The summed E-state index contributed by atoms with van der Waals surface area (Å²) >= 11 is 0. The van der Waals surface area contributed by atoms with Gasteiger partial charge >= 0.3 is 0 Å². The van der Waals surface area contributed by atoms with E-state index in [1.807, 2.05) is 45.9 Å². The van der Waals surface area contributed by atoms with Gasteiger partial charge in [0.1, 0.15) is 16.9 Å². The minimum atomic E-state index is -0.354. The highest BCUT2D eigenvalue weighted by molar-refractivity contribution is 5.95. The van der Waals surface area contributed by atoms with Gasteiger partial charge in [-0.25, -0.2) is 13.9 Å². The smallest absolute Gasteiger partial charge is 0.255 e. The molecule has 3 N–H and O–H groups in total. The summed E-state index contributed by atoms with van der Waals surface area (Å²) in [6, 6.07) is 13.8. The molecular formula is C33H31FN8O. The highest BCUT2D eigenvalue weighted by atomic mass is 19.1. The van der Waals surface area contributed by atoms with E-state index in [1.54, 1.807) is 12.3 Å². The minimum absolute atomic E-state index is 0.0272. The number of carbonyl (C=O) groups is 1. The molecule has 3 atom stereocenters. The van der Waals surface area contributed by atoms with Gasteiger partial charge in [-0.3, -0.25) is 9.89 Å². The minimum Gasteiger partial charge on any atom is -0.334 e. The summed E-state index contributed by atoms with van der Waals surface area (Å²) in [5.74, 6) is 0.664. The first-order valence-electron chi connectivity index (χ1n) is 15.1. The van der Waals surface area contributed by atoms with Gasteiger partial charge in [0.25, 0.3) is 5.91 Å². The van der Waals surface area contributed by atoms with Crippen LogP contribution >= 0.6 is 0 Å². The Labute approximate surface area is 246 Å². The average molecular weight is 575 g/mol. The summed E-state index contributed by atoms with van der Waals surface area (Å²) in [5, 5.41) is 13.5. The number of aromatic nitrogens is 6. The van der Waals surface area contributed by atoms with Crippen LogP contribution in [0.15, 0.2) is 54.9 Å². The highest BCUT2D eigenvalue weighted by Gasteiger charge is 2.46. The Morgan fingerprint density at radius 3 is 2.74 bits per heavy atom. The van der Waals surface area contributed by atoms with Gasteiger partial charge < -0.3 is 15.2 Å². The molecule has 43 heavy (non-hydrogen) atoms. The maximum atomic E-state index is 15.4. The van der Waals surface area contributed by atoms with Gasteiger partial charge in [-0.05, 0) is 80.8 Å². The number of piperidine rings is 1. The fourth-order valence-corrected chi connectivity index (χ4v) is 7.38. The van der Waals surface area contributed by atoms with Crippen LogP contribution in [0.25, 0.3) is 50.1 Å². The van der Waals surface area contributed by atoms with Crippen LogP contribution in [0.3, 0.4) is 0 Å². The lowest BCUT2D eigenvalue weighted by atomic mass is 10.1. The Morgan fingerprint density at radius 2 is 1.95 bits per heavy atom. The quantitative estimate of drug-likeness (QED) is 0.290. The molecule has 2 bridgehead atoms. The zero-order valence-corrected chi connectivity index (χ0v) is 23.8. The number of fused-ring (bicyclic) bond motifs is 5. The van der Waals surface area contributed by atoms with Crippen molar-refractivity contribution < 1.29 is 9.18 Å². The number of nitrogens with two attached hydrogens (primary N) is 1. The largest absolute Gasteiger partial charge is 0.334 e. The molecular weight excluding hydrogens is 543 g/mol. The Hall–Kier alpha value is -4.57. The van der Waals surface area contributed by atoms with Crippen molar-refractivity contribution in [2.75, 3.05) is 6.54 Å². The molecule has 5 aromatic heterocycles. The normalized spacial score (nSPS) is 21.7. The van der Waals surface area contributed by atoms with E-state index in [0.717, 1.165) is 64.8 Å². The second kappa shape index (κ2) is 8.97. The van der Waals surface area contributed by atoms with Crippen LogP contribution in [-0.4, -0.2) is 58.8 Å². The Kier molecular flexibility index (Phi) is 5.21. The van der Waals surface area contributed by atoms with Gasteiger partial charge in [-0.1, -0.05) is 6.07 Å². The highest BCUT2D eigenvalue weighted by Crippen LogP contribution is 2.39. The molecule has 1 saturated heterocycles. The monoisotopic (exact) mass is 574 g/mol. The maximum absolute atomic E-state index is 15.4. The molecule has 9 rings (SSSR count). The number of rotatable bonds is 5. The molecule has 6 aromatic rings. The molecule has 3 aliphatic rings. The van der Waals surface area contributed by atoms with Crippen molar-refractivity contribution in [3.8, 4) is 22.6 Å². The molecule has 2 saturated carbocycles. The van der Waals surface area contributed by atoms with Gasteiger partial charge in [0.05, 0.1) is 28.7 Å². The van der Waals surface area contributed by atoms with Crippen LogP contribution in [0.1, 0.15) is 41.6 Å². The van der Waals surface area contributed by atoms with Gasteiger partial charge in [0, 0.05) is 53.3 Å². The van der Waals surface area contributed by atoms with Crippen molar-refractivity contribution in [3.05, 3.63) is 71.8 Å². The standard InChI is InChI=1S/C33H31FN8O/c1-17-25-10-7-22(33(43)41-15-21-6-11-26(41)29(21)35)16-42(25)39-30(17)27-12-19-5-9-24(37-32(19)40(27)14-18-2-3-18)23-8-4-20-13-36-38-31(20)28(23)34/h4-5,7-10,12-13,16,18,21,26,29H,2-3,6,11,14-15,35H2,1H3,(H,36,38)/t21?,26?,29-/m1/s1. The number of hydrogen-bond acceptors (Lipinski definition) is 5. The number of H-pyrrole nitrogens is 1. The third kappa shape index (κ3) is 3.72. The van der Waals surface area contributed by atoms with Gasteiger partial charge in [0.2, 0.25) is 0 Å². The summed E-state index contributed by atoms with van der Waals surface area (Å²) in [7, 11) is 0. The first-order chi connectivity index (χ1) is 20.9. The van der Waals surface area contributed by atoms with Crippen molar-refractivity contribution >= 4 is 33.4 Å². The summed E-state index contributed by atoms with van der Waals surface area (Å²) in [6.45, 7) is 3.64. The van der Waals surface area contributed by atoms with E-state index in [2.05, 4.69) is 27.8 Å². The third-order valence-electron chi connectivity index (χ3n) is 9.99. The van der Waals surface area contributed by atoms with E-state index in [9.17, 15) is 4.79 Å². The van der Waals surface area contributed by atoms with E-state index >= 15 is 4.39 Å². The molecule has 1 amide bonds. The lowest BCUT2D eigenvalue weighted by Gasteiger charge is -2.27. The van der Waals surface area contributed by atoms with E-state index < -0.39 is 0 Å². The molecule has 0 radical (unpaired) electrons. The van der Waals surface area contributed by atoms with E-state index in [1.165, 1.54) is 12.8 Å². The van der Waals surface area contributed by atoms with E-state index in [-0.39, 0.29) is 23.8 Å². The van der Waals surface area contributed by atoms with Crippen molar-refractivity contribution in [2.24, 2.45) is 17.6 Å². The number of amides is 1. The Balaban J connectivity index is 1.14. The maximum Gasteiger partial charge on any atom is 0.255 e. The fraction of sp³-hybridized carbons (Fsp3) is 0.333. The van der Waals surface area contributed by atoms with Crippen LogP contribution in [0.4, 0.5) is 4.39 Å². The van der Waals surface area contributed by atoms with Crippen LogP contribution in [-0.2, 0) is 6.54 Å². The number of aryl methyl sites for hydroxylation is 1. The number of hydrogen-bond donors (Lipinski definition) is 2. The number of nitrogens with zero attached hydrogens (tertiary/aromatic N) is 6. The molecule has 6 heterocycles. The molecule has 3 fully saturated rings. The topological polar surface area (TPSA) is 110 Å². The van der Waals surface area contributed by atoms with Crippen molar-refractivity contribution in [2.45, 2.75) is 51.2 Å². The van der Waals surface area contributed by atoms with Crippen molar-refractivity contribution in [3.63, 3.8) is 0 Å². The number of benzene rings is 1. The molecule has 1 aliphatic heterocycles. The Bertz CT molecular complexity index is 2100. The van der Waals surface area contributed by atoms with E-state index in [0.29, 0.717) is 34.2 Å². The molecule has 9 nitrogen and oxygen atoms in total. The first-order valence-corrected chi connectivity index (χ1v) is 15.1. The lowest BCUT2D eigenvalue weighted by Crippen LogP contribution is -2.41. The van der Waals surface area contributed by atoms with Crippen LogP contribution in [0.2, 0.25) is 0 Å². The summed E-state index contributed by atoms with van der Waals surface area (Å²) < 4.78 is 19.5. The van der Waals surface area contributed by atoms with Crippen molar-refractivity contribution in [1.29, 1.82) is 0 Å². The predicted octanol–water partition coefficient (Wildman–Crippen LogP) is 5.31. The zero-order valence-electron chi connectivity index (χ0n) is 23.8. The number of carbonyl (C=O) groups excluding carboxylic acids is 1. The SMILES string of the molecule is Cc1c(-c2cc3ccc(-c4ccc5cn[nH]c5c4F)nc3n2CC2CC2)nn2cc(C(=O)N3CC4CCC3[C@@H]4N)ccc12. The molecule has 1 aromatic carbocycles. The van der Waals surface area contributed by atoms with E-state index in [4.69, 9.17) is 15.8 Å². The molecule has 2 unspecified atom stereocenters. The zero-order chi connectivity index (χ0) is 29.0. The van der Waals surface area contributed by atoms with Crippen molar-refractivity contribution in [1.82, 2.24) is 34.3 Å². The number of nitrogens with one attached hydrogen (secondary N) is 1. The molecule has 0 spiro atoms. The molecule has 2 aliphatic carbocycles. The van der Waals surface area contributed by atoms with Gasteiger partial charge in [-0.15, -0.1) is 0 Å². The lowest BCUT2D eigenvalue weighted by molar-refractivity contribution is 0.0700. The van der Waals surface area contributed by atoms with Crippen LogP contribution in [0, 0.1) is 24.6 Å². The fourth-order valence-electron chi connectivity index (χ4n) is 7.38. The second-order valence-corrected chi connectivity index (χ2v) is 12.6. The number of aromatic amines is 1. The predicted molar refractivity (Wildman–Crippen MR) is 162 cm³/mol. The summed E-state index contributed by atoms with van der Waals surface area (Å²) in [4.78, 5) is 20.5. The van der Waals surface area contributed by atoms with Crippen LogP contribution < -0.4 is 5.73 Å².